The zero-order chi connectivity index (χ0) is 13.2. The minimum absolute atomic E-state index is 0.466. The number of hydrogen-bond donors (Lipinski definition) is 2. The van der Waals surface area contributed by atoms with Crippen LogP contribution in [0.15, 0.2) is 30.3 Å². The van der Waals surface area contributed by atoms with Crippen molar-refractivity contribution < 1.29 is 0 Å². The average Bonchev–Trinajstić information content (AvgIpc) is 2.93. The second kappa shape index (κ2) is 4.85. The minimum atomic E-state index is 0.466. The second-order valence-electron chi connectivity index (χ2n) is 4.64. The average molecular weight is 255 g/mol. The van der Waals surface area contributed by atoms with Crippen molar-refractivity contribution in [1.29, 1.82) is 0 Å². The Balaban J connectivity index is 1.80. The summed E-state index contributed by atoms with van der Waals surface area (Å²) in [5.74, 6) is 1.65. The highest BCUT2D eigenvalue weighted by molar-refractivity contribution is 5.34. The molecule has 0 fully saturated rings. The molecule has 0 aliphatic rings. The number of aromatic nitrogens is 4. The van der Waals surface area contributed by atoms with Gasteiger partial charge in [0.2, 0.25) is 0 Å². The van der Waals surface area contributed by atoms with Crippen LogP contribution in [0.2, 0.25) is 0 Å². The number of nitrogens with one attached hydrogen (secondary N) is 1. The van der Waals surface area contributed by atoms with Gasteiger partial charge < -0.3 is 5.73 Å². The van der Waals surface area contributed by atoms with Gasteiger partial charge in [0.05, 0.1) is 11.4 Å². The van der Waals surface area contributed by atoms with Crippen LogP contribution in [-0.4, -0.2) is 19.6 Å². The molecule has 0 aliphatic heterocycles. The van der Waals surface area contributed by atoms with Crippen LogP contribution in [0, 0.1) is 6.92 Å². The number of benzene rings is 1. The minimum Gasteiger partial charge on any atom is -0.325 e. The monoisotopic (exact) mass is 255 g/mol. The molecule has 2 aromatic heterocycles. The summed E-state index contributed by atoms with van der Waals surface area (Å²) in [5.41, 5.74) is 8.97. The molecular weight excluding hydrogens is 238 g/mol. The van der Waals surface area contributed by atoms with Gasteiger partial charge in [-0.2, -0.15) is 4.98 Å². The fraction of sp³-hybridized carbons (Fsp3) is 0.286. The van der Waals surface area contributed by atoms with E-state index in [9.17, 15) is 0 Å². The molecule has 0 spiro atoms. The van der Waals surface area contributed by atoms with Gasteiger partial charge in [0.25, 0.3) is 5.78 Å². The van der Waals surface area contributed by atoms with Crippen LogP contribution >= 0.6 is 0 Å². The molecule has 3 rings (SSSR count). The number of nitrogens with two attached hydrogens (primary N) is 1. The lowest BCUT2D eigenvalue weighted by atomic mass is 10.1. The third-order valence-corrected chi connectivity index (χ3v) is 3.32. The first-order valence-corrected chi connectivity index (χ1v) is 6.44. The predicted octanol–water partition coefficient (Wildman–Crippen LogP) is 1.61. The Morgan fingerprint density at radius 1 is 1.16 bits per heavy atom. The lowest BCUT2D eigenvalue weighted by Gasteiger charge is -1.99. The van der Waals surface area contributed by atoms with E-state index in [1.807, 2.05) is 17.5 Å². The maximum atomic E-state index is 5.73. The van der Waals surface area contributed by atoms with Crippen molar-refractivity contribution in [3.8, 4) is 0 Å². The van der Waals surface area contributed by atoms with Crippen molar-refractivity contribution in [2.45, 2.75) is 26.3 Å². The van der Waals surface area contributed by atoms with Crippen LogP contribution in [0.3, 0.4) is 0 Å². The lowest BCUT2D eigenvalue weighted by molar-refractivity contribution is 0.800. The third-order valence-electron chi connectivity index (χ3n) is 3.32. The second-order valence-corrected chi connectivity index (χ2v) is 4.64. The highest BCUT2D eigenvalue weighted by Gasteiger charge is 2.11. The van der Waals surface area contributed by atoms with Gasteiger partial charge in [-0.3, -0.25) is 5.10 Å². The van der Waals surface area contributed by atoms with E-state index >= 15 is 0 Å². The van der Waals surface area contributed by atoms with Gasteiger partial charge in [-0.1, -0.05) is 30.3 Å². The Kier molecular flexibility index (Phi) is 3.05. The fourth-order valence-electron chi connectivity index (χ4n) is 2.27. The van der Waals surface area contributed by atoms with E-state index in [1.165, 1.54) is 5.56 Å². The molecule has 1 aromatic carbocycles. The molecule has 0 saturated heterocycles. The Morgan fingerprint density at radius 2 is 1.95 bits per heavy atom. The largest absolute Gasteiger partial charge is 0.325 e. The van der Waals surface area contributed by atoms with E-state index in [4.69, 9.17) is 5.73 Å². The van der Waals surface area contributed by atoms with Gasteiger partial charge >= 0.3 is 0 Å². The molecule has 2 heterocycles. The van der Waals surface area contributed by atoms with Crippen molar-refractivity contribution >= 4 is 5.78 Å². The SMILES string of the molecule is Cc1nc2nc(CCc3ccccc3)[nH]n2c1CN. The zero-order valence-electron chi connectivity index (χ0n) is 10.9. The van der Waals surface area contributed by atoms with Crippen LogP contribution in [0.4, 0.5) is 0 Å². The number of imidazole rings is 1. The van der Waals surface area contributed by atoms with Crippen molar-refractivity contribution in [2.75, 3.05) is 0 Å². The van der Waals surface area contributed by atoms with Gasteiger partial charge in [0.15, 0.2) is 0 Å². The molecule has 3 N–H and O–H groups in total. The van der Waals surface area contributed by atoms with E-state index in [0.717, 1.165) is 30.1 Å². The third kappa shape index (κ3) is 2.24. The number of rotatable bonds is 4. The maximum absolute atomic E-state index is 5.73. The quantitative estimate of drug-likeness (QED) is 0.744. The summed E-state index contributed by atoms with van der Waals surface area (Å²) in [5, 5.41) is 3.27. The number of H-pyrrole nitrogens is 1. The van der Waals surface area contributed by atoms with Crippen molar-refractivity contribution in [3.63, 3.8) is 0 Å². The number of aryl methyl sites for hydroxylation is 3. The first-order chi connectivity index (χ1) is 9.28. The van der Waals surface area contributed by atoms with E-state index < -0.39 is 0 Å². The summed E-state index contributed by atoms with van der Waals surface area (Å²) >= 11 is 0. The Hall–Kier alpha value is -2.14. The molecule has 3 aromatic rings. The van der Waals surface area contributed by atoms with Gasteiger partial charge in [-0.05, 0) is 18.9 Å². The molecule has 0 saturated carbocycles. The van der Waals surface area contributed by atoms with E-state index in [1.54, 1.807) is 0 Å². The molecule has 98 valence electrons. The molecule has 0 radical (unpaired) electrons. The number of aromatic amines is 1. The standard InChI is InChI=1S/C14H17N5/c1-10-12(9-15)19-14(16-10)17-13(18-19)8-7-11-5-3-2-4-6-11/h2-6H,7-9,15H2,1H3,(H,16,17,18). The summed E-state index contributed by atoms with van der Waals surface area (Å²) in [6.07, 6.45) is 1.84. The normalized spacial score (nSPS) is 11.3. The summed E-state index contributed by atoms with van der Waals surface area (Å²) in [6.45, 7) is 2.42. The summed E-state index contributed by atoms with van der Waals surface area (Å²) in [7, 11) is 0. The van der Waals surface area contributed by atoms with Gasteiger partial charge in [-0.25, -0.2) is 9.50 Å². The van der Waals surface area contributed by atoms with Crippen molar-refractivity contribution in [2.24, 2.45) is 5.73 Å². The number of fused-ring (bicyclic) bond motifs is 1. The number of hydrogen-bond acceptors (Lipinski definition) is 3. The first kappa shape index (κ1) is 11.9. The van der Waals surface area contributed by atoms with Gasteiger partial charge in [-0.15, -0.1) is 0 Å². The van der Waals surface area contributed by atoms with Crippen LogP contribution in [0.5, 0.6) is 0 Å². The fourth-order valence-corrected chi connectivity index (χ4v) is 2.27. The highest BCUT2D eigenvalue weighted by Crippen LogP contribution is 2.11. The van der Waals surface area contributed by atoms with E-state index in [0.29, 0.717) is 12.3 Å². The molecule has 19 heavy (non-hydrogen) atoms. The molecule has 0 unspecified atom stereocenters. The molecular formula is C14H17N5. The summed E-state index contributed by atoms with van der Waals surface area (Å²) in [4.78, 5) is 8.90. The topological polar surface area (TPSA) is 72.0 Å². The molecule has 5 nitrogen and oxygen atoms in total. The predicted molar refractivity (Wildman–Crippen MR) is 73.8 cm³/mol. The Morgan fingerprint density at radius 3 is 2.68 bits per heavy atom. The number of nitrogens with zero attached hydrogens (tertiary/aromatic N) is 3. The molecule has 0 bridgehead atoms. The van der Waals surface area contributed by atoms with Crippen molar-refractivity contribution in [3.05, 3.63) is 53.1 Å². The Bertz CT molecular complexity index is 680. The van der Waals surface area contributed by atoms with Crippen molar-refractivity contribution in [1.82, 2.24) is 19.6 Å². The molecule has 0 amide bonds. The van der Waals surface area contributed by atoms with Crippen LogP contribution in [0.25, 0.3) is 5.78 Å². The Labute approximate surface area is 111 Å². The zero-order valence-corrected chi connectivity index (χ0v) is 10.9. The molecule has 0 atom stereocenters. The van der Waals surface area contributed by atoms with Gasteiger partial charge in [0, 0.05) is 13.0 Å². The van der Waals surface area contributed by atoms with Crippen LogP contribution < -0.4 is 5.73 Å². The van der Waals surface area contributed by atoms with Crippen LogP contribution in [-0.2, 0) is 19.4 Å². The first-order valence-electron chi connectivity index (χ1n) is 6.44. The smallest absolute Gasteiger partial charge is 0.251 e. The summed E-state index contributed by atoms with van der Waals surface area (Å²) in [6, 6.07) is 10.4. The maximum Gasteiger partial charge on any atom is 0.251 e. The highest BCUT2D eigenvalue weighted by atomic mass is 15.3. The lowest BCUT2D eigenvalue weighted by Crippen LogP contribution is -2.04. The summed E-state index contributed by atoms with van der Waals surface area (Å²) < 4.78 is 1.88. The van der Waals surface area contributed by atoms with E-state index in [2.05, 4.69) is 39.3 Å². The molecule has 0 aliphatic carbocycles. The molecule has 5 heteroatoms. The van der Waals surface area contributed by atoms with Crippen LogP contribution in [0.1, 0.15) is 22.8 Å². The van der Waals surface area contributed by atoms with E-state index in [-0.39, 0.29) is 0 Å². The van der Waals surface area contributed by atoms with Gasteiger partial charge in [0.1, 0.15) is 5.82 Å².